The molecule has 1 aromatic carbocycles. The molecule has 0 aliphatic carbocycles. The molecule has 0 spiro atoms. The first-order chi connectivity index (χ1) is 9.08. The van der Waals surface area contributed by atoms with Crippen LogP contribution in [0.15, 0.2) is 18.2 Å². The number of carbonyl (C=O) groups is 1. The van der Waals surface area contributed by atoms with Gasteiger partial charge in [-0.1, -0.05) is 13.0 Å². The van der Waals surface area contributed by atoms with Crippen molar-refractivity contribution in [2.75, 3.05) is 17.7 Å². The Labute approximate surface area is 117 Å². The lowest BCUT2D eigenvalue weighted by molar-refractivity contribution is 0.152. The number of halogens is 1. The maximum absolute atomic E-state index is 13.4. The molecule has 0 heterocycles. The van der Waals surface area contributed by atoms with Gasteiger partial charge < -0.3 is 10.1 Å². The van der Waals surface area contributed by atoms with E-state index in [1.54, 1.807) is 26.0 Å². The molecule has 4 nitrogen and oxygen atoms in total. The number of benzene rings is 1. The van der Waals surface area contributed by atoms with E-state index in [1.807, 2.05) is 6.92 Å². The molecular formula is C13H19FN2O2S. The molecule has 1 amide bonds. The molecule has 0 fully saturated rings. The zero-order valence-electron chi connectivity index (χ0n) is 11.3. The van der Waals surface area contributed by atoms with E-state index in [0.29, 0.717) is 17.9 Å². The molecule has 0 saturated heterocycles. The monoisotopic (exact) mass is 286 g/mol. The highest BCUT2D eigenvalue weighted by Gasteiger charge is 2.14. The number of anilines is 1. The summed E-state index contributed by atoms with van der Waals surface area (Å²) in [7, 11) is 0. The molecule has 0 aliphatic heterocycles. The minimum Gasteiger partial charge on any atom is -0.450 e. The number of hydrogen-bond donors (Lipinski definition) is 2. The van der Waals surface area contributed by atoms with Crippen molar-refractivity contribution in [3.05, 3.63) is 29.6 Å². The summed E-state index contributed by atoms with van der Waals surface area (Å²) in [5, 5.41) is 5.77. The van der Waals surface area contributed by atoms with E-state index in [2.05, 4.69) is 10.6 Å². The SMILES string of the molecule is CCOC(=O)NC(Nc1cccc(F)c1C)SCC. The zero-order valence-corrected chi connectivity index (χ0v) is 12.1. The Morgan fingerprint density at radius 2 is 2.21 bits per heavy atom. The first kappa shape index (κ1) is 15.6. The highest BCUT2D eigenvalue weighted by Crippen LogP contribution is 2.20. The predicted molar refractivity (Wildman–Crippen MR) is 76.8 cm³/mol. The van der Waals surface area contributed by atoms with Gasteiger partial charge in [0, 0.05) is 11.3 Å². The van der Waals surface area contributed by atoms with Gasteiger partial charge in [0.2, 0.25) is 0 Å². The minimum atomic E-state index is -0.491. The van der Waals surface area contributed by atoms with Crippen LogP contribution in [0.3, 0.4) is 0 Å². The van der Waals surface area contributed by atoms with Gasteiger partial charge >= 0.3 is 6.09 Å². The van der Waals surface area contributed by atoms with Crippen LogP contribution in [0.5, 0.6) is 0 Å². The van der Waals surface area contributed by atoms with Gasteiger partial charge in [-0.25, -0.2) is 9.18 Å². The average molecular weight is 286 g/mol. The fourth-order valence-corrected chi connectivity index (χ4v) is 2.19. The lowest BCUT2D eigenvalue weighted by Crippen LogP contribution is -2.38. The second kappa shape index (κ2) is 7.89. The Hall–Kier alpha value is -1.43. The number of thioether (sulfide) groups is 1. The highest BCUT2D eigenvalue weighted by atomic mass is 32.2. The second-order valence-corrected chi connectivity index (χ2v) is 5.14. The third kappa shape index (κ3) is 4.98. The van der Waals surface area contributed by atoms with Gasteiger partial charge in [-0.2, -0.15) is 0 Å². The third-order valence-electron chi connectivity index (χ3n) is 2.41. The molecule has 1 rings (SSSR count). The number of rotatable bonds is 6. The number of ether oxygens (including phenoxy) is 1. The van der Waals surface area contributed by atoms with Crippen molar-refractivity contribution in [2.45, 2.75) is 26.3 Å². The molecule has 0 saturated carbocycles. The summed E-state index contributed by atoms with van der Waals surface area (Å²) >= 11 is 1.49. The normalized spacial score (nSPS) is 11.8. The summed E-state index contributed by atoms with van der Waals surface area (Å²) in [6.07, 6.45) is -0.491. The molecule has 2 N–H and O–H groups in total. The van der Waals surface area contributed by atoms with Crippen LogP contribution >= 0.6 is 11.8 Å². The molecule has 0 radical (unpaired) electrons. The molecule has 106 valence electrons. The quantitative estimate of drug-likeness (QED) is 0.788. The van der Waals surface area contributed by atoms with Gasteiger partial charge in [-0.3, -0.25) is 5.32 Å². The molecule has 1 unspecified atom stereocenters. The average Bonchev–Trinajstić information content (AvgIpc) is 2.35. The van der Waals surface area contributed by atoms with E-state index in [-0.39, 0.29) is 11.3 Å². The zero-order chi connectivity index (χ0) is 14.3. The smallest absolute Gasteiger partial charge is 0.409 e. The maximum Gasteiger partial charge on any atom is 0.409 e. The summed E-state index contributed by atoms with van der Waals surface area (Å²) in [4.78, 5) is 11.4. The Morgan fingerprint density at radius 3 is 2.84 bits per heavy atom. The van der Waals surface area contributed by atoms with Crippen LogP contribution in [0.25, 0.3) is 0 Å². The van der Waals surface area contributed by atoms with Crippen LogP contribution in [0.1, 0.15) is 19.4 Å². The lowest BCUT2D eigenvalue weighted by Gasteiger charge is -2.21. The molecule has 0 aliphatic rings. The Morgan fingerprint density at radius 1 is 1.47 bits per heavy atom. The number of nitrogens with one attached hydrogen (secondary N) is 2. The van der Waals surface area contributed by atoms with E-state index >= 15 is 0 Å². The number of alkyl carbamates (subject to hydrolysis) is 1. The summed E-state index contributed by atoms with van der Waals surface area (Å²) in [5.41, 5.74) is 0.821. The Kier molecular flexibility index (Phi) is 6.49. The van der Waals surface area contributed by atoms with Crippen LogP contribution < -0.4 is 10.6 Å². The summed E-state index contributed by atoms with van der Waals surface area (Å²) in [5.74, 6) is 0.528. The fourth-order valence-electron chi connectivity index (χ4n) is 1.47. The van der Waals surface area contributed by atoms with Gasteiger partial charge in [0.25, 0.3) is 0 Å². The van der Waals surface area contributed by atoms with Crippen molar-refractivity contribution in [1.82, 2.24) is 5.32 Å². The van der Waals surface area contributed by atoms with E-state index in [0.717, 1.165) is 5.75 Å². The number of carbonyl (C=O) groups excluding carboxylic acids is 1. The van der Waals surface area contributed by atoms with Crippen LogP contribution in [-0.4, -0.2) is 24.0 Å². The Bertz CT molecular complexity index is 429. The molecule has 0 aromatic heterocycles. The number of hydrogen-bond acceptors (Lipinski definition) is 4. The number of amides is 1. The van der Waals surface area contributed by atoms with Crippen molar-refractivity contribution >= 4 is 23.5 Å². The molecule has 1 atom stereocenters. The van der Waals surface area contributed by atoms with Gasteiger partial charge in [-0.15, -0.1) is 11.8 Å². The molecule has 1 aromatic rings. The lowest BCUT2D eigenvalue weighted by atomic mass is 10.2. The molecular weight excluding hydrogens is 267 g/mol. The topological polar surface area (TPSA) is 50.4 Å². The fraction of sp³-hybridized carbons (Fsp3) is 0.462. The first-order valence-corrected chi connectivity index (χ1v) is 7.19. The molecule has 19 heavy (non-hydrogen) atoms. The van der Waals surface area contributed by atoms with E-state index < -0.39 is 6.09 Å². The van der Waals surface area contributed by atoms with Crippen LogP contribution in [-0.2, 0) is 4.74 Å². The standard InChI is InChI=1S/C13H19FN2O2S/c1-4-18-13(17)16-12(19-5-2)15-11-8-6-7-10(14)9(11)3/h6-8,12,15H,4-5H2,1-3H3,(H,16,17). The predicted octanol–water partition coefficient (Wildman–Crippen LogP) is 3.33. The van der Waals surface area contributed by atoms with E-state index in [9.17, 15) is 9.18 Å². The van der Waals surface area contributed by atoms with Crippen molar-refractivity contribution in [2.24, 2.45) is 0 Å². The summed E-state index contributed by atoms with van der Waals surface area (Å²) in [6, 6.07) is 4.80. The minimum absolute atomic E-state index is 0.276. The first-order valence-electron chi connectivity index (χ1n) is 6.15. The maximum atomic E-state index is 13.4. The van der Waals surface area contributed by atoms with Gasteiger partial charge in [-0.05, 0) is 31.7 Å². The van der Waals surface area contributed by atoms with Crippen LogP contribution in [0.2, 0.25) is 0 Å². The summed E-state index contributed by atoms with van der Waals surface area (Å²) < 4.78 is 18.3. The Balaban J connectivity index is 2.72. The molecule has 6 heteroatoms. The molecule has 0 bridgehead atoms. The second-order valence-electron chi connectivity index (χ2n) is 3.76. The van der Waals surface area contributed by atoms with Gasteiger partial charge in [0.05, 0.1) is 6.61 Å². The highest BCUT2D eigenvalue weighted by molar-refractivity contribution is 7.99. The van der Waals surface area contributed by atoms with Gasteiger partial charge in [0.15, 0.2) is 5.50 Å². The van der Waals surface area contributed by atoms with Crippen molar-refractivity contribution in [3.8, 4) is 0 Å². The largest absolute Gasteiger partial charge is 0.450 e. The van der Waals surface area contributed by atoms with Gasteiger partial charge in [0.1, 0.15) is 5.82 Å². The van der Waals surface area contributed by atoms with Crippen molar-refractivity contribution in [1.29, 1.82) is 0 Å². The van der Waals surface area contributed by atoms with Crippen molar-refractivity contribution < 1.29 is 13.9 Å². The third-order valence-corrected chi connectivity index (χ3v) is 3.31. The van der Waals surface area contributed by atoms with Crippen molar-refractivity contribution in [3.63, 3.8) is 0 Å². The van der Waals surface area contributed by atoms with Crippen LogP contribution in [0, 0.1) is 12.7 Å². The van der Waals surface area contributed by atoms with E-state index in [1.165, 1.54) is 17.8 Å². The van der Waals surface area contributed by atoms with Crippen LogP contribution in [0.4, 0.5) is 14.9 Å². The van der Waals surface area contributed by atoms with E-state index in [4.69, 9.17) is 4.74 Å². The summed E-state index contributed by atoms with van der Waals surface area (Å²) in [6.45, 7) is 5.72.